The van der Waals surface area contributed by atoms with Crippen molar-refractivity contribution in [2.24, 2.45) is 5.92 Å². The van der Waals surface area contributed by atoms with Gasteiger partial charge in [-0.2, -0.15) is 0 Å². The number of carbonyl (C=O) groups excluding carboxylic acids is 1. The summed E-state index contributed by atoms with van der Waals surface area (Å²) >= 11 is 0. The largest absolute Gasteiger partial charge is 0.349 e. The molecule has 0 unspecified atom stereocenters. The highest BCUT2D eigenvalue weighted by Crippen LogP contribution is 2.30. The highest BCUT2D eigenvalue weighted by atomic mass is 32.2. The molecule has 114 valence electrons. The molecular weight excluding hydrogens is 286 g/mol. The molecule has 1 aliphatic carbocycles. The third kappa shape index (κ3) is 3.46. The topological polar surface area (TPSA) is 63.2 Å². The van der Waals surface area contributed by atoms with Crippen LogP contribution in [0.4, 0.5) is 0 Å². The van der Waals surface area contributed by atoms with Crippen LogP contribution in [0.5, 0.6) is 0 Å². The van der Waals surface area contributed by atoms with Crippen molar-refractivity contribution < 1.29 is 13.2 Å². The number of fused-ring (bicyclic) bond motifs is 1. The van der Waals surface area contributed by atoms with Crippen LogP contribution >= 0.6 is 0 Å². The summed E-state index contributed by atoms with van der Waals surface area (Å²) in [7, 11) is -2.90. The maximum Gasteiger partial charge on any atom is 0.220 e. The van der Waals surface area contributed by atoms with Gasteiger partial charge in [0, 0.05) is 6.42 Å². The smallest absolute Gasteiger partial charge is 0.220 e. The molecule has 3 rings (SSSR count). The van der Waals surface area contributed by atoms with Gasteiger partial charge in [-0.25, -0.2) is 8.42 Å². The van der Waals surface area contributed by atoms with Gasteiger partial charge in [0.1, 0.15) is 0 Å². The van der Waals surface area contributed by atoms with E-state index in [1.165, 1.54) is 11.1 Å². The molecule has 0 spiro atoms. The van der Waals surface area contributed by atoms with Gasteiger partial charge >= 0.3 is 0 Å². The zero-order valence-corrected chi connectivity index (χ0v) is 12.9. The lowest BCUT2D eigenvalue weighted by atomic mass is 9.87. The molecule has 0 aromatic heterocycles. The second-order valence-electron chi connectivity index (χ2n) is 6.18. The van der Waals surface area contributed by atoms with Crippen LogP contribution < -0.4 is 5.32 Å². The summed E-state index contributed by atoms with van der Waals surface area (Å²) in [6.07, 6.45) is 4.07. The van der Waals surface area contributed by atoms with Gasteiger partial charge < -0.3 is 5.32 Å². The van der Waals surface area contributed by atoms with Crippen LogP contribution in [-0.4, -0.2) is 25.8 Å². The first-order valence-corrected chi connectivity index (χ1v) is 9.43. The Bertz CT molecular complexity index is 639. The minimum atomic E-state index is -2.90. The number of rotatable bonds is 3. The first kappa shape index (κ1) is 14.6. The molecule has 21 heavy (non-hydrogen) atoms. The Kier molecular flexibility index (Phi) is 4.02. The summed E-state index contributed by atoms with van der Waals surface area (Å²) in [6.45, 7) is 0. The average Bonchev–Trinajstić information content (AvgIpc) is 2.78. The van der Waals surface area contributed by atoms with Crippen LogP contribution in [-0.2, 0) is 21.1 Å². The first-order valence-electron chi connectivity index (χ1n) is 7.61. The molecule has 2 atom stereocenters. The Morgan fingerprint density at radius 2 is 2.05 bits per heavy atom. The highest BCUT2D eigenvalue weighted by molar-refractivity contribution is 7.91. The Morgan fingerprint density at radius 3 is 2.81 bits per heavy atom. The molecule has 1 aliphatic heterocycles. The molecule has 1 heterocycles. The Hall–Kier alpha value is -1.36. The molecule has 1 amide bonds. The second-order valence-corrected chi connectivity index (χ2v) is 8.41. The fourth-order valence-corrected chi connectivity index (χ4v) is 5.31. The van der Waals surface area contributed by atoms with E-state index in [4.69, 9.17) is 0 Å². The summed E-state index contributed by atoms with van der Waals surface area (Å²) in [5.41, 5.74) is 2.54. The monoisotopic (exact) mass is 307 g/mol. The van der Waals surface area contributed by atoms with E-state index < -0.39 is 9.84 Å². The third-order valence-corrected chi connectivity index (χ3v) is 6.34. The molecule has 0 radical (unpaired) electrons. The predicted molar refractivity (Wildman–Crippen MR) is 81.6 cm³/mol. The number of benzene rings is 1. The number of sulfone groups is 1. The second kappa shape index (κ2) is 5.79. The van der Waals surface area contributed by atoms with Gasteiger partial charge in [-0.1, -0.05) is 24.3 Å². The van der Waals surface area contributed by atoms with Gasteiger partial charge in [0.25, 0.3) is 0 Å². The minimum absolute atomic E-state index is 0.00571. The lowest BCUT2D eigenvalue weighted by Crippen LogP contribution is -2.32. The van der Waals surface area contributed by atoms with E-state index in [0.717, 1.165) is 19.3 Å². The average molecular weight is 307 g/mol. The van der Waals surface area contributed by atoms with Gasteiger partial charge in [0.2, 0.25) is 5.91 Å². The molecule has 1 fully saturated rings. The number of amides is 1. The van der Waals surface area contributed by atoms with E-state index in [2.05, 4.69) is 17.4 Å². The standard InChI is InChI=1S/C16H21NO3S/c18-16(10-12-8-9-21(19,20)11-12)17-15-7-3-5-13-4-1-2-6-14(13)15/h1-2,4,6,12,15H,3,5,7-11H2,(H,17,18)/t12-,15-/m1/s1. The van der Waals surface area contributed by atoms with Crippen molar-refractivity contribution in [3.05, 3.63) is 35.4 Å². The molecule has 1 N–H and O–H groups in total. The Balaban J connectivity index is 1.61. The normalized spacial score (nSPS) is 27.0. The van der Waals surface area contributed by atoms with Crippen LogP contribution in [0.2, 0.25) is 0 Å². The number of hydrogen-bond donors (Lipinski definition) is 1. The van der Waals surface area contributed by atoms with Gasteiger partial charge in [-0.3, -0.25) is 4.79 Å². The lowest BCUT2D eigenvalue weighted by molar-refractivity contribution is -0.122. The third-order valence-electron chi connectivity index (χ3n) is 4.51. The van der Waals surface area contributed by atoms with Crippen LogP contribution in [0.15, 0.2) is 24.3 Å². The van der Waals surface area contributed by atoms with Crippen LogP contribution in [0, 0.1) is 5.92 Å². The van der Waals surface area contributed by atoms with Crippen molar-refractivity contribution >= 4 is 15.7 Å². The molecule has 5 heteroatoms. The maximum atomic E-state index is 12.2. The van der Waals surface area contributed by atoms with E-state index in [-0.39, 0.29) is 29.4 Å². The van der Waals surface area contributed by atoms with Gasteiger partial charge in [0.05, 0.1) is 17.5 Å². The molecule has 1 saturated heterocycles. The van der Waals surface area contributed by atoms with Crippen molar-refractivity contribution in [1.29, 1.82) is 0 Å². The van der Waals surface area contributed by atoms with Crippen molar-refractivity contribution in [2.45, 2.75) is 38.1 Å². The van der Waals surface area contributed by atoms with Crippen molar-refractivity contribution in [3.8, 4) is 0 Å². The number of hydrogen-bond acceptors (Lipinski definition) is 3. The Morgan fingerprint density at radius 1 is 1.24 bits per heavy atom. The number of carbonyl (C=O) groups is 1. The molecule has 1 aromatic carbocycles. The molecule has 1 aromatic rings. The zero-order valence-electron chi connectivity index (χ0n) is 12.0. The molecule has 0 saturated carbocycles. The van der Waals surface area contributed by atoms with Crippen molar-refractivity contribution in [1.82, 2.24) is 5.32 Å². The van der Waals surface area contributed by atoms with Gasteiger partial charge in [-0.15, -0.1) is 0 Å². The fourth-order valence-electron chi connectivity index (χ4n) is 3.45. The summed E-state index contributed by atoms with van der Waals surface area (Å²) in [6, 6.07) is 8.33. The highest BCUT2D eigenvalue weighted by Gasteiger charge is 2.30. The molecular formula is C16H21NO3S. The van der Waals surface area contributed by atoms with E-state index in [1.54, 1.807) is 0 Å². The first-order chi connectivity index (χ1) is 10.0. The molecule has 0 bridgehead atoms. The van der Waals surface area contributed by atoms with E-state index in [1.807, 2.05) is 12.1 Å². The van der Waals surface area contributed by atoms with Crippen LogP contribution in [0.1, 0.15) is 42.9 Å². The SMILES string of the molecule is O=C(C[C@H]1CCS(=O)(=O)C1)N[C@@H]1CCCc2ccccc21. The van der Waals surface area contributed by atoms with Crippen LogP contribution in [0.25, 0.3) is 0 Å². The minimum Gasteiger partial charge on any atom is -0.349 e. The van der Waals surface area contributed by atoms with Crippen molar-refractivity contribution in [3.63, 3.8) is 0 Å². The van der Waals surface area contributed by atoms with Crippen LogP contribution in [0.3, 0.4) is 0 Å². The zero-order chi connectivity index (χ0) is 14.9. The molecule has 4 nitrogen and oxygen atoms in total. The summed E-state index contributed by atoms with van der Waals surface area (Å²) in [5, 5.41) is 3.10. The summed E-state index contributed by atoms with van der Waals surface area (Å²) in [5.74, 6) is 0.381. The van der Waals surface area contributed by atoms with Crippen molar-refractivity contribution in [2.75, 3.05) is 11.5 Å². The summed E-state index contributed by atoms with van der Waals surface area (Å²) < 4.78 is 22.9. The summed E-state index contributed by atoms with van der Waals surface area (Å²) in [4.78, 5) is 12.2. The van der Waals surface area contributed by atoms with Gasteiger partial charge in [-0.05, 0) is 42.7 Å². The lowest BCUT2D eigenvalue weighted by Gasteiger charge is -2.26. The Labute approximate surface area is 125 Å². The molecule has 2 aliphatic rings. The number of nitrogens with one attached hydrogen (secondary N) is 1. The fraction of sp³-hybridized carbons (Fsp3) is 0.562. The van der Waals surface area contributed by atoms with Gasteiger partial charge in [0.15, 0.2) is 9.84 Å². The van der Waals surface area contributed by atoms with E-state index >= 15 is 0 Å². The number of aryl methyl sites for hydroxylation is 1. The van der Waals surface area contributed by atoms with E-state index in [0.29, 0.717) is 12.8 Å². The quantitative estimate of drug-likeness (QED) is 0.929. The predicted octanol–water partition coefficient (Wildman–Crippen LogP) is 2.00. The maximum absolute atomic E-state index is 12.2. The van der Waals surface area contributed by atoms with E-state index in [9.17, 15) is 13.2 Å².